The Kier molecular flexibility index (Phi) is 3.76. The first kappa shape index (κ1) is 12.9. The number of aryl methyl sites for hydroxylation is 1. The van der Waals surface area contributed by atoms with Gasteiger partial charge < -0.3 is 0 Å². The average molecular weight is 274 g/mol. The van der Waals surface area contributed by atoms with E-state index in [1.807, 2.05) is 6.07 Å². The molecular weight excluding hydrogens is 258 g/mol. The molecule has 0 radical (unpaired) electrons. The Morgan fingerprint density at radius 2 is 2.00 bits per heavy atom. The van der Waals surface area contributed by atoms with Crippen LogP contribution in [0.3, 0.4) is 0 Å². The predicted octanol–water partition coefficient (Wildman–Crippen LogP) is 2.29. The highest BCUT2D eigenvalue weighted by atomic mass is 35.5. The van der Waals surface area contributed by atoms with Crippen molar-refractivity contribution in [1.29, 1.82) is 0 Å². The smallest absolute Gasteiger partial charge is 0.211 e. The summed E-state index contributed by atoms with van der Waals surface area (Å²) in [5.74, 6) is 0.385. The molecule has 1 fully saturated rings. The fourth-order valence-electron chi connectivity index (χ4n) is 1.98. The number of hydrogen-bond acceptors (Lipinski definition) is 2. The zero-order valence-corrected chi connectivity index (χ0v) is 11.3. The number of benzene rings is 1. The minimum atomic E-state index is -3.37. The van der Waals surface area contributed by atoms with E-state index in [1.54, 1.807) is 25.1 Å². The van der Waals surface area contributed by atoms with Crippen LogP contribution in [0.25, 0.3) is 0 Å². The lowest BCUT2D eigenvalue weighted by molar-refractivity contribution is 0.324. The average Bonchev–Trinajstić information content (AvgIpc) is 2.23. The first-order valence-corrected chi connectivity index (χ1v) is 7.60. The number of nitrogens with one attached hydrogen (secondary N) is 1. The molecule has 1 N–H and O–H groups in total. The van der Waals surface area contributed by atoms with E-state index in [9.17, 15) is 8.42 Å². The van der Waals surface area contributed by atoms with Crippen molar-refractivity contribution in [1.82, 2.24) is 4.72 Å². The van der Waals surface area contributed by atoms with Gasteiger partial charge in [-0.2, -0.15) is 0 Å². The van der Waals surface area contributed by atoms with E-state index in [4.69, 9.17) is 11.6 Å². The van der Waals surface area contributed by atoms with Crippen LogP contribution in [-0.2, 0) is 10.0 Å². The van der Waals surface area contributed by atoms with Gasteiger partial charge in [-0.15, -0.1) is 11.6 Å². The maximum atomic E-state index is 12.0. The van der Waals surface area contributed by atoms with E-state index in [-0.39, 0.29) is 5.38 Å². The Hall–Kier alpha value is -0.580. The largest absolute Gasteiger partial charge is 0.240 e. The Labute approximate surface area is 107 Å². The zero-order chi connectivity index (χ0) is 12.5. The van der Waals surface area contributed by atoms with Crippen LogP contribution in [0.2, 0.25) is 0 Å². The van der Waals surface area contributed by atoms with Crippen molar-refractivity contribution in [2.45, 2.75) is 30.0 Å². The number of sulfonamides is 1. The first-order chi connectivity index (χ1) is 7.99. The second kappa shape index (κ2) is 4.96. The Bertz CT molecular complexity index is 495. The van der Waals surface area contributed by atoms with Gasteiger partial charge in [0.1, 0.15) is 0 Å². The predicted molar refractivity (Wildman–Crippen MR) is 68.7 cm³/mol. The fraction of sp³-hybridized carbons (Fsp3) is 0.500. The van der Waals surface area contributed by atoms with Gasteiger partial charge in [0.05, 0.1) is 4.90 Å². The Morgan fingerprint density at radius 1 is 1.35 bits per heavy atom. The van der Waals surface area contributed by atoms with Gasteiger partial charge >= 0.3 is 0 Å². The van der Waals surface area contributed by atoms with Gasteiger partial charge in [0.25, 0.3) is 0 Å². The van der Waals surface area contributed by atoms with Crippen molar-refractivity contribution in [2.75, 3.05) is 6.54 Å². The number of rotatable bonds is 4. The molecule has 0 heterocycles. The molecule has 0 spiro atoms. The summed E-state index contributed by atoms with van der Waals surface area (Å²) in [5.41, 5.74) is 0.767. The number of halogens is 1. The second-order valence-electron chi connectivity index (χ2n) is 4.55. The number of alkyl halides is 1. The van der Waals surface area contributed by atoms with Crippen LogP contribution in [0.1, 0.15) is 18.4 Å². The highest BCUT2D eigenvalue weighted by Crippen LogP contribution is 2.31. The Balaban J connectivity index is 2.02. The molecule has 3 nitrogen and oxygen atoms in total. The molecule has 1 aromatic rings. The van der Waals surface area contributed by atoms with Crippen LogP contribution in [0, 0.1) is 12.8 Å². The van der Waals surface area contributed by atoms with Gasteiger partial charge in [0.15, 0.2) is 0 Å². The summed E-state index contributed by atoms with van der Waals surface area (Å²) >= 11 is 5.86. The molecule has 0 aliphatic heterocycles. The summed E-state index contributed by atoms with van der Waals surface area (Å²) < 4.78 is 26.7. The fourth-order valence-corrected chi connectivity index (χ4v) is 3.85. The molecule has 1 aliphatic carbocycles. The van der Waals surface area contributed by atoms with Gasteiger partial charge in [-0.25, -0.2) is 13.1 Å². The lowest BCUT2D eigenvalue weighted by atomic mass is 9.85. The van der Waals surface area contributed by atoms with Crippen molar-refractivity contribution in [3.8, 4) is 0 Å². The normalized spacial score (nSPS) is 24.4. The van der Waals surface area contributed by atoms with Crippen molar-refractivity contribution in [2.24, 2.45) is 5.92 Å². The van der Waals surface area contributed by atoms with E-state index >= 15 is 0 Å². The third-order valence-electron chi connectivity index (χ3n) is 3.12. The molecule has 0 aromatic heterocycles. The van der Waals surface area contributed by atoms with Crippen molar-refractivity contribution >= 4 is 21.6 Å². The van der Waals surface area contributed by atoms with Crippen LogP contribution in [-0.4, -0.2) is 20.3 Å². The van der Waals surface area contributed by atoms with Crippen LogP contribution in [0.4, 0.5) is 0 Å². The molecule has 1 aromatic carbocycles. The molecule has 0 bridgehead atoms. The van der Waals surface area contributed by atoms with Gasteiger partial charge in [-0.3, -0.25) is 0 Å². The van der Waals surface area contributed by atoms with Crippen LogP contribution < -0.4 is 4.72 Å². The van der Waals surface area contributed by atoms with E-state index in [2.05, 4.69) is 4.72 Å². The Morgan fingerprint density at radius 3 is 2.59 bits per heavy atom. The third kappa shape index (κ3) is 3.00. The van der Waals surface area contributed by atoms with Crippen LogP contribution in [0.5, 0.6) is 0 Å². The first-order valence-electron chi connectivity index (χ1n) is 5.68. The topological polar surface area (TPSA) is 46.2 Å². The van der Waals surface area contributed by atoms with E-state index in [0.717, 1.165) is 18.4 Å². The van der Waals surface area contributed by atoms with Gasteiger partial charge in [0.2, 0.25) is 10.0 Å². The van der Waals surface area contributed by atoms with Crippen LogP contribution >= 0.6 is 11.6 Å². The molecule has 17 heavy (non-hydrogen) atoms. The summed E-state index contributed by atoms with van der Waals surface area (Å²) in [6.45, 7) is 2.28. The quantitative estimate of drug-likeness (QED) is 0.856. The van der Waals surface area contributed by atoms with Gasteiger partial charge in [-0.1, -0.05) is 18.2 Å². The van der Waals surface area contributed by atoms with E-state index < -0.39 is 10.0 Å². The minimum Gasteiger partial charge on any atom is -0.211 e. The highest BCUT2D eigenvalue weighted by molar-refractivity contribution is 7.89. The molecule has 1 aliphatic rings. The summed E-state index contributed by atoms with van der Waals surface area (Å²) in [4.78, 5) is 0.363. The second-order valence-corrected chi connectivity index (χ2v) is 6.90. The summed E-state index contributed by atoms with van der Waals surface area (Å²) in [6.07, 6.45) is 1.80. The molecule has 0 unspecified atom stereocenters. The lowest BCUT2D eigenvalue weighted by Crippen LogP contribution is -2.36. The van der Waals surface area contributed by atoms with E-state index in [0.29, 0.717) is 17.4 Å². The maximum absolute atomic E-state index is 12.0. The monoisotopic (exact) mass is 273 g/mol. The van der Waals surface area contributed by atoms with Crippen LogP contribution in [0.15, 0.2) is 29.2 Å². The molecule has 1 saturated carbocycles. The molecule has 94 valence electrons. The minimum absolute atomic E-state index is 0.225. The third-order valence-corrected chi connectivity index (χ3v) is 5.06. The molecule has 0 saturated heterocycles. The van der Waals surface area contributed by atoms with Gasteiger partial charge in [-0.05, 0) is 37.3 Å². The molecule has 5 heteroatoms. The lowest BCUT2D eigenvalue weighted by Gasteiger charge is -2.30. The summed E-state index contributed by atoms with van der Waals surface area (Å²) in [7, 11) is -3.37. The molecule has 2 rings (SSSR count). The van der Waals surface area contributed by atoms with E-state index in [1.165, 1.54) is 0 Å². The zero-order valence-electron chi connectivity index (χ0n) is 9.69. The molecular formula is C12H16ClNO2S. The van der Waals surface area contributed by atoms with Crippen molar-refractivity contribution < 1.29 is 8.42 Å². The standard InChI is InChI=1S/C12H16ClNO2S/c1-9-4-2-3-5-12(9)17(15,16)14-8-10-6-11(13)7-10/h2-5,10-11,14H,6-8H2,1H3. The van der Waals surface area contributed by atoms with Crippen molar-refractivity contribution in [3.63, 3.8) is 0 Å². The highest BCUT2D eigenvalue weighted by Gasteiger charge is 2.28. The SMILES string of the molecule is Cc1ccccc1S(=O)(=O)NCC1CC(Cl)C1. The maximum Gasteiger partial charge on any atom is 0.240 e. The number of hydrogen-bond donors (Lipinski definition) is 1. The summed E-state index contributed by atoms with van der Waals surface area (Å²) in [6, 6.07) is 6.99. The van der Waals surface area contributed by atoms with Gasteiger partial charge in [0, 0.05) is 11.9 Å². The molecule has 0 atom stereocenters. The molecule has 0 amide bonds. The summed E-state index contributed by atoms with van der Waals surface area (Å²) in [5, 5.41) is 0.225. The van der Waals surface area contributed by atoms with Crippen molar-refractivity contribution in [3.05, 3.63) is 29.8 Å².